The monoisotopic (exact) mass is 256 g/mol. The number of amides is 1. The third-order valence-electron chi connectivity index (χ3n) is 1.58. The Bertz CT molecular complexity index is 426. The van der Waals surface area contributed by atoms with Crippen molar-refractivity contribution in [1.29, 1.82) is 0 Å². The number of carbonyl (C=O) groups excluding carboxylic acids is 1. The van der Waals surface area contributed by atoms with Crippen LogP contribution in [0.1, 0.15) is 1.43 Å². The molecule has 0 saturated heterocycles. The summed E-state index contributed by atoms with van der Waals surface area (Å²) in [4.78, 5) is 10.9. The second-order valence-electron chi connectivity index (χ2n) is 2.64. The molecule has 0 spiro atoms. The van der Waals surface area contributed by atoms with E-state index >= 15 is 0 Å². The van der Waals surface area contributed by atoms with Crippen molar-refractivity contribution in [3.05, 3.63) is 30.3 Å². The first-order valence-corrected chi connectivity index (χ1v) is 5.49. The van der Waals surface area contributed by atoms with Crippen molar-refractivity contribution in [2.24, 2.45) is 5.84 Å². The van der Waals surface area contributed by atoms with E-state index in [0.717, 1.165) is 0 Å². The summed E-state index contributed by atoms with van der Waals surface area (Å²) in [5, 5.41) is 0. The van der Waals surface area contributed by atoms with Crippen molar-refractivity contribution in [3.8, 4) is 0 Å². The standard InChI is InChI=1S/C8H10N2O3S.Na.H2O.H/c9-10-8(11)6-14(12,13)7-4-2-1-3-5-7;;;/h1-5H,6,9H2,(H,10,11);;1H2;/q;+1;;-1. The number of sulfone groups is 1. The number of nitrogens with one attached hydrogen (secondary N) is 1. The molecule has 5 N–H and O–H groups in total. The van der Waals surface area contributed by atoms with Crippen molar-refractivity contribution >= 4 is 15.7 Å². The third-order valence-corrected chi connectivity index (χ3v) is 3.22. The van der Waals surface area contributed by atoms with Crippen LogP contribution >= 0.6 is 0 Å². The quantitative estimate of drug-likeness (QED) is 0.246. The molecular weight excluding hydrogens is 243 g/mol. The summed E-state index contributed by atoms with van der Waals surface area (Å²) in [7, 11) is -3.56. The molecule has 16 heavy (non-hydrogen) atoms. The zero-order chi connectivity index (χ0) is 10.6. The molecule has 0 aliphatic heterocycles. The summed E-state index contributed by atoms with van der Waals surface area (Å²) in [6, 6.07) is 7.74. The van der Waals surface area contributed by atoms with Crippen LogP contribution in [0.2, 0.25) is 0 Å². The molecule has 1 rings (SSSR count). The number of nitrogens with two attached hydrogens (primary N) is 1. The van der Waals surface area contributed by atoms with Crippen LogP contribution < -0.4 is 40.8 Å². The molecule has 0 aliphatic rings. The van der Waals surface area contributed by atoms with Crippen molar-refractivity contribution in [2.45, 2.75) is 4.90 Å². The molecule has 0 unspecified atom stereocenters. The van der Waals surface area contributed by atoms with E-state index in [1.165, 1.54) is 12.1 Å². The van der Waals surface area contributed by atoms with Crippen LogP contribution in [0.3, 0.4) is 0 Å². The predicted molar refractivity (Wildman–Crippen MR) is 55.6 cm³/mol. The van der Waals surface area contributed by atoms with E-state index in [2.05, 4.69) is 0 Å². The Hall–Kier alpha value is -0.440. The molecule has 86 valence electrons. The zero-order valence-electron chi connectivity index (χ0n) is 9.80. The van der Waals surface area contributed by atoms with Gasteiger partial charge in [-0.1, -0.05) is 18.2 Å². The minimum atomic E-state index is -3.56. The van der Waals surface area contributed by atoms with E-state index in [1.54, 1.807) is 23.6 Å². The maximum absolute atomic E-state index is 11.5. The Labute approximate surface area is 117 Å². The maximum atomic E-state index is 11.5. The normalized spacial score (nSPS) is 9.56. The van der Waals surface area contributed by atoms with E-state index < -0.39 is 21.5 Å². The smallest absolute Gasteiger partial charge is 1.00 e. The van der Waals surface area contributed by atoms with Gasteiger partial charge in [0.1, 0.15) is 5.75 Å². The first-order valence-electron chi connectivity index (χ1n) is 3.83. The molecule has 8 heteroatoms. The molecule has 1 aromatic carbocycles. The van der Waals surface area contributed by atoms with Gasteiger partial charge < -0.3 is 6.90 Å². The van der Waals surface area contributed by atoms with Crippen molar-refractivity contribution in [2.75, 3.05) is 5.75 Å². The van der Waals surface area contributed by atoms with Gasteiger partial charge in [0, 0.05) is 0 Å². The molecule has 0 saturated carbocycles. The van der Waals surface area contributed by atoms with E-state index in [4.69, 9.17) is 5.84 Å². The Morgan fingerprint density at radius 1 is 1.31 bits per heavy atom. The van der Waals surface area contributed by atoms with Gasteiger partial charge in [-0.2, -0.15) is 0 Å². The van der Waals surface area contributed by atoms with Gasteiger partial charge in [-0.3, -0.25) is 10.2 Å². The summed E-state index contributed by atoms with van der Waals surface area (Å²) in [6.45, 7) is 0. The van der Waals surface area contributed by atoms with Crippen LogP contribution in [0.4, 0.5) is 0 Å². The van der Waals surface area contributed by atoms with Crippen LogP contribution in [0.5, 0.6) is 0 Å². The van der Waals surface area contributed by atoms with Gasteiger partial charge in [0.2, 0.25) is 5.91 Å². The van der Waals surface area contributed by atoms with E-state index in [0.29, 0.717) is 0 Å². The number of rotatable bonds is 3. The maximum Gasteiger partial charge on any atom is 1.00 e. The van der Waals surface area contributed by atoms with Gasteiger partial charge in [-0.15, -0.1) is 0 Å². The first-order chi connectivity index (χ1) is 6.56. The molecule has 0 bridgehead atoms. The summed E-state index contributed by atoms with van der Waals surface area (Å²) < 4.78 is 23.0. The second kappa shape index (κ2) is 7.77. The molecule has 0 aliphatic carbocycles. The van der Waals surface area contributed by atoms with Gasteiger partial charge in [0.05, 0.1) is 4.90 Å². The fraction of sp³-hybridized carbons (Fsp3) is 0.125. The fourth-order valence-electron chi connectivity index (χ4n) is 0.925. The Balaban J connectivity index is -0.000000653. The topological polar surface area (TPSA) is 121 Å². The largest absolute Gasteiger partial charge is 1.00 e. The van der Waals surface area contributed by atoms with E-state index in [1.807, 2.05) is 0 Å². The van der Waals surface area contributed by atoms with Crippen LogP contribution in [0, 0.1) is 0 Å². The molecule has 0 atom stereocenters. The minimum Gasteiger partial charge on any atom is -1.00 e. The Morgan fingerprint density at radius 2 is 1.81 bits per heavy atom. The molecule has 6 nitrogen and oxygen atoms in total. The number of hydrogen-bond donors (Lipinski definition) is 2. The molecule has 0 radical (unpaired) electrons. The van der Waals surface area contributed by atoms with Gasteiger partial charge >= 0.3 is 29.6 Å². The Morgan fingerprint density at radius 3 is 2.25 bits per heavy atom. The third kappa shape index (κ3) is 5.06. The number of carbonyl (C=O) groups is 1. The SMILES string of the molecule is NNC(=O)CS(=O)(=O)c1ccccc1.O.[H-].[Na+]. The van der Waals surface area contributed by atoms with Gasteiger partial charge in [-0.05, 0) is 12.1 Å². The summed E-state index contributed by atoms with van der Waals surface area (Å²) in [6.07, 6.45) is 0. The summed E-state index contributed by atoms with van der Waals surface area (Å²) in [5.74, 6) is 3.43. The van der Waals surface area contributed by atoms with Gasteiger partial charge in [0.25, 0.3) is 0 Å². The molecule has 1 aromatic rings. The van der Waals surface area contributed by atoms with E-state index in [9.17, 15) is 13.2 Å². The molecular formula is C8H13N2NaO4S. The number of hydrazine groups is 1. The number of benzene rings is 1. The predicted octanol–water partition coefficient (Wildman–Crippen LogP) is -4.26. The average Bonchev–Trinajstić information content (AvgIpc) is 2.18. The van der Waals surface area contributed by atoms with Gasteiger partial charge in [-0.25, -0.2) is 14.3 Å². The summed E-state index contributed by atoms with van der Waals surface area (Å²) >= 11 is 0. The molecule has 0 heterocycles. The second-order valence-corrected chi connectivity index (χ2v) is 4.63. The van der Waals surface area contributed by atoms with E-state index in [-0.39, 0.29) is 41.4 Å². The van der Waals surface area contributed by atoms with Crippen molar-refractivity contribution in [3.63, 3.8) is 0 Å². The average molecular weight is 256 g/mol. The summed E-state index contributed by atoms with van der Waals surface area (Å²) in [5.41, 5.74) is 1.77. The van der Waals surface area contributed by atoms with Crippen LogP contribution in [0.25, 0.3) is 0 Å². The molecule has 0 fully saturated rings. The van der Waals surface area contributed by atoms with Crippen LogP contribution in [-0.2, 0) is 14.6 Å². The van der Waals surface area contributed by atoms with Crippen molar-refractivity contribution < 1.29 is 49.7 Å². The first kappa shape index (κ1) is 17.9. The minimum absolute atomic E-state index is 0. The Kier molecular flexibility index (Phi) is 8.71. The number of hydrogen-bond acceptors (Lipinski definition) is 4. The zero-order valence-corrected chi connectivity index (χ0v) is 11.6. The van der Waals surface area contributed by atoms with Gasteiger partial charge in [0.15, 0.2) is 9.84 Å². The van der Waals surface area contributed by atoms with Crippen LogP contribution in [0.15, 0.2) is 35.2 Å². The van der Waals surface area contributed by atoms with Crippen LogP contribution in [-0.4, -0.2) is 25.6 Å². The molecule has 0 aromatic heterocycles. The fourth-order valence-corrected chi connectivity index (χ4v) is 2.09. The molecule has 1 amide bonds. The van der Waals surface area contributed by atoms with Crippen molar-refractivity contribution in [1.82, 2.24) is 5.43 Å².